The number of thiophene rings is 1. The number of likely N-dealkylation sites (N-methyl/N-ethyl adjacent to an activating group) is 1. The molecule has 1 aliphatic rings. The molecule has 0 saturated carbocycles. The van der Waals surface area contributed by atoms with E-state index in [0.29, 0.717) is 0 Å². The second kappa shape index (κ2) is 6.27. The Morgan fingerprint density at radius 1 is 1.30 bits per heavy atom. The zero-order valence-corrected chi connectivity index (χ0v) is 13.8. The van der Waals surface area contributed by atoms with Crippen LogP contribution in [0.4, 0.5) is 0 Å². The molecule has 0 amide bonds. The minimum atomic E-state index is 0.216. The number of imidazole rings is 1. The molecule has 1 atom stereocenters. The van der Waals surface area contributed by atoms with E-state index in [1.807, 2.05) is 18.5 Å². The zero-order chi connectivity index (χ0) is 15.6. The van der Waals surface area contributed by atoms with Gasteiger partial charge < -0.3 is 14.2 Å². The normalized spacial score (nSPS) is 19.3. The van der Waals surface area contributed by atoms with Crippen molar-refractivity contribution in [1.29, 1.82) is 0 Å². The van der Waals surface area contributed by atoms with Crippen LogP contribution in [0.15, 0.2) is 36.8 Å². The molecule has 4 heterocycles. The van der Waals surface area contributed by atoms with Crippen LogP contribution in [-0.2, 0) is 11.3 Å². The van der Waals surface area contributed by atoms with Crippen molar-refractivity contribution in [1.82, 2.24) is 24.6 Å². The molecule has 4 rings (SSSR count). The summed E-state index contributed by atoms with van der Waals surface area (Å²) in [4.78, 5) is 9.18. The molecular weight excluding hydrogens is 310 g/mol. The number of aromatic amines is 1. The van der Waals surface area contributed by atoms with Crippen molar-refractivity contribution in [3.05, 3.63) is 36.8 Å². The molecule has 0 aliphatic carbocycles. The fourth-order valence-corrected chi connectivity index (χ4v) is 3.87. The average Bonchev–Trinajstić information content (AvgIpc) is 3.28. The fourth-order valence-electron chi connectivity index (χ4n) is 2.87. The van der Waals surface area contributed by atoms with Crippen LogP contribution in [0.3, 0.4) is 0 Å². The van der Waals surface area contributed by atoms with Crippen LogP contribution < -0.4 is 0 Å². The summed E-state index contributed by atoms with van der Waals surface area (Å²) < 4.78 is 8.06. The number of aromatic nitrogens is 4. The van der Waals surface area contributed by atoms with Crippen LogP contribution in [0, 0.1) is 0 Å². The predicted molar refractivity (Wildman–Crippen MR) is 90.4 cm³/mol. The second-order valence-corrected chi connectivity index (χ2v) is 6.88. The maximum absolute atomic E-state index is 5.88. The first-order valence-electron chi connectivity index (χ1n) is 7.71. The van der Waals surface area contributed by atoms with E-state index in [4.69, 9.17) is 4.74 Å². The van der Waals surface area contributed by atoms with E-state index in [0.717, 1.165) is 42.6 Å². The molecule has 23 heavy (non-hydrogen) atoms. The highest BCUT2D eigenvalue weighted by atomic mass is 32.1. The smallest absolute Gasteiger partial charge is 0.150 e. The number of morpholine rings is 1. The van der Waals surface area contributed by atoms with Crippen molar-refractivity contribution in [3.63, 3.8) is 0 Å². The first-order chi connectivity index (χ1) is 11.3. The third-order valence-corrected chi connectivity index (χ3v) is 5.16. The first kappa shape index (κ1) is 14.6. The summed E-state index contributed by atoms with van der Waals surface area (Å²) in [7, 11) is 2.14. The van der Waals surface area contributed by atoms with Crippen molar-refractivity contribution < 1.29 is 4.74 Å². The summed E-state index contributed by atoms with van der Waals surface area (Å²) in [6.07, 6.45) is 5.88. The molecule has 1 saturated heterocycles. The summed E-state index contributed by atoms with van der Waals surface area (Å²) >= 11 is 1.72. The van der Waals surface area contributed by atoms with E-state index in [2.05, 4.69) is 43.8 Å². The van der Waals surface area contributed by atoms with Gasteiger partial charge in [-0.15, -0.1) is 11.3 Å². The topological polar surface area (TPSA) is 59.0 Å². The first-order valence-corrected chi connectivity index (χ1v) is 8.52. The number of H-pyrrole nitrogens is 1. The molecule has 7 heteroatoms. The van der Waals surface area contributed by atoms with Gasteiger partial charge in [0.15, 0.2) is 0 Å². The number of nitrogens with one attached hydrogen (secondary N) is 1. The lowest BCUT2D eigenvalue weighted by molar-refractivity contribution is -0.0272. The molecule has 0 bridgehead atoms. The SMILES string of the molecule is CN1CCOC(Cn2ccnc2-c2ccc(-c3ccn[nH]3)s2)C1. The van der Waals surface area contributed by atoms with Gasteiger partial charge in [-0.1, -0.05) is 0 Å². The Labute approximate surface area is 138 Å². The zero-order valence-electron chi connectivity index (χ0n) is 13.0. The van der Waals surface area contributed by atoms with Gasteiger partial charge in [0, 0.05) is 31.7 Å². The van der Waals surface area contributed by atoms with Crippen molar-refractivity contribution in [2.24, 2.45) is 0 Å². The predicted octanol–water partition coefficient (Wildman–Crippen LogP) is 2.33. The van der Waals surface area contributed by atoms with Gasteiger partial charge in [0.2, 0.25) is 0 Å². The van der Waals surface area contributed by atoms with E-state index in [9.17, 15) is 0 Å². The van der Waals surface area contributed by atoms with Gasteiger partial charge in [0.25, 0.3) is 0 Å². The highest BCUT2D eigenvalue weighted by Crippen LogP contribution is 2.32. The highest BCUT2D eigenvalue weighted by molar-refractivity contribution is 7.18. The highest BCUT2D eigenvalue weighted by Gasteiger charge is 2.20. The molecule has 3 aromatic rings. The van der Waals surface area contributed by atoms with E-state index < -0.39 is 0 Å². The van der Waals surface area contributed by atoms with Crippen molar-refractivity contribution in [2.45, 2.75) is 12.6 Å². The van der Waals surface area contributed by atoms with Crippen LogP contribution in [0.5, 0.6) is 0 Å². The summed E-state index contributed by atoms with van der Waals surface area (Å²) in [6.45, 7) is 3.60. The lowest BCUT2D eigenvalue weighted by Crippen LogP contribution is -2.41. The maximum Gasteiger partial charge on any atom is 0.150 e. The minimum absolute atomic E-state index is 0.216. The van der Waals surface area contributed by atoms with Crippen LogP contribution in [0.1, 0.15) is 0 Å². The Kier molecular flexibility index (Phi) is 3.99. The van der Waals surface area contributed by atoms with Gasteiger partial charge in [0.1, 0.15) is 5.82 Å². The molecular formula is C16H19N5OS. The molecule has 0 spiro atoms. The fraction of sp³-hybridized carbons (Fsp3) is 0.375. The third-order valence-electron chi connectivity index (χ3n) is 4.05. The van der Waals surface area contributed by atoms with Gasteiger partial charge in [-0.2, -0.15) is 5.10 Å². The number of hydrogen-bond donors (Lipinski definition) is 1. The van der Waals surface area contributed by atoms with E-state index in [1.54, 1.807) is 17.5 Å². The summed E-state index contributed by atoms with van der Waals surface area (Å²) in [5.74, 6) is 0.998. The molecule has 3 aromatic heterocycles. The van der Waals surface area contributed by atoms with Crippen LogP contribution in [-0.4, -0.2) is 57.5 Å². The van der Waals surface area contributed by atoms with Gasteiger partial charge in [-0.05, 0) is 25.2 Å². The van der Waals surface area contributed by atoms with Crippen molar-refractivity contribution >= 4 is 11.3 Å². The quantitative estimate of drug-likeness (QED) is 0.798. The van der Waals surface area contributed by atoms with Gasteiger partial charge in [-0.25, -0.2) is 4.98 Å². The van der Waals surface area contributed by atoms with Gasteiger partial charge >= 0.3 is 0 Å². The summed E-state index contributed by atoms with van der Waals surface area (Å²) in [6, 6.07) is 6.21. The number of hydrogen-bond acceptors (Lipinski definition) is 5. The maximum atomic E-state index is 5.88. The lowest BCUT2D eigenvalue weighted by atomic mass is 10.2. The Morgan fingerprint density at radius 3 is 3.04 bits per heavy atom. The molecule has 1 N–H and O–H groups in total. The molecule has 1 unspecified atom stereocenters. The molecule has 120 valence electrons. The largest absolute Gasteiger partial charge is 0.374 e. The summed E-state index contributed by atoms with van der Waals surface area (Å²) in [5.41, 5.74) is 1.04. The number of nitrogens with zero attached hydrogens (tertiary/aromatic N) is 4. The molecule has 1 aliphatic heterocycles. The monoisotopic (exact) mass is 329 g/mol. The Morgan fingerprint density at radius 2 is 2.22 bits per heavy atom. The van der Waals surface area contributed by atoms with E-state index in [1.165, 1.54) is 4.88 Å². The molecule has 0 radical (unpaired) electrons. The van der Waals surface area contributed by atoms with E-state index in [-0.39, 0.29) is 6.10 Å². The number of ether oxygens (including phenoxy) is 1. The second-order valence-electron chi connectivity index (χ2n) is 5.79. The Balaban J connectivity index is 1.55. The average molecular weight is 329 g/mol. The van der Waals surface area contributed by atoms with Crippen LogP contribution in [0.2, 0.25) is 0 Å². The molecule has 6 nitrogen and oxygen atoms in total. The van der Waals surface area contributed by atoms with Crippen molar-refractivity contribution in [2.75, 3.05) is 26.7 Å². The van der Waals surface area contributed by atoms with Crippen molar-refractivity contribution in [3.8, 4) is 21.3 Å². The van der Waals surface area contributed by atoms with Gasteiger partial charge in [0.05, 0.1) is 34.7 Å². The van der Waals surface area contributed by atoms with E-state index >= 15 is 0 Å². The summed E-state index contributed by atoms with van der Waals surface area (Å²) in [5, 5.41) is 7.02. The standard InChI is InChI=1S/C16H19N5OS/c1-20-8-9-22-12(10-20)11-21-7-6-17-16(21)15-3-2-14(23-15)13-4-5-18-19-13/h2-7,12H,8-11H2,1H3,(H,18,19). The number of rotatable bonds is 4. The lowest BCUT2D eigenvalue weighted by Gasteiger charge is -2.30. The van der Waals surface area contributed by atoms with Gasteiger partial charge in [-0.3, -0.25) is 5.10 Å². The Bertz CT molecular complexity index is 763. The minimum Gasteiger partial charge on any atom is -0.374 e. The molecule has 0 aromatic carbocycles. The Hall–Kier alpha value is -1.96. The van der Waals surface area contributed by atoms with Crippen LogP contribution >= 0.6 is 11.3 Å². The third kappa shape index (κ3) is 3.08. The van der Waals surface area contributed by atoms with Crippen LogP contribution in [0.25, 0.3) is 21.3 Å². The molecule has 1 fully saturated rings.